The van der Waals surface area contributed by atoms with E-state index < -0.39 is 0 Å². The third-order valence-electron chi connectivity index (χ3n) is 3.51. The van der Waals surface area contributed by atoms with Gasteiger partial charge in [-0.1, -0.05) is 4.68 Å². The largest absolute Gasteiger partial charge is 0.300 e. The molecule has 6 nitrogen and oxygen atoms in total. The molecule has 1 saturated carbocycles. The molecule has 0 radical (unpaired) electrons. The fraction of sp³-hybridized carbons (Fsp3) is 0.500. The van der Waals surface area contributed by atoms with Crippen molar-refractivity contribution in [2.24, 2.45) is 10.8 Å². The van der Waals surface area contributed by atoms with Crippen LogP contribution in [0.15, 0.2) is 17.4 Å². The molecule has 1 aliphatic carbocycles. The van der Waals surface area contributed by atoms with Crippen LogP contribution in [0.1, 0.15) is 44.2 Å². The lowest BCUT2D eigenvalue weighted by atomic mass is 9.94. The summed E-state index contributed by atoms with van der Waals surface area (Å²) in [4.78, 5) is 15.2. The molecule has 20 heavy (non-hydrogen) atoms. The van der Waals surface area contributed by atoms with Gasteiger partial charge in [-0.25, -0.2) is 10.8 Å². The van der Waals surface area contributed by atoms with Crippen LogP contribution in [-0.2, 0) is 4.79 Å². The molecule has 0 saturated heterocycles. The second kappa shape index (κ2) is 6.30. The van der Waals surface area contributed by atoms with Crippen LogP contribution in [0, 0.1) is 0 Å². The predicted octanol–water partition coefficient (Wildman–Crippen LogP) is 1.18. The van der Waals surface area contributed by atoms with Crippen molar-refractivity contribution in [1.82, 2.24) is 9.78 Å². The van der Waals surface area contributed by atoms with Gasteiger partial charge >= 0.3 is 0 Å². The van der Waals surface area contributed by atoms with Crippen LogP contribution in [0.5, 0.6) is 0 Å². The van der Waals surface area contributed by atoms with Crippen molar-refractivity contribution < 1.29 is 9.48 Å². The lowest BCUT2D eigenvalue weighted by Gasteiger charge is -2.21. The number of hydrogen-bond donors (Lipinski definition) is 1. The van der Waals surface area contributed by atoms with E-state index in [1.54, 1.807) is 6.20 Å². The first-order chi connectivity index (χ1) is 9.63. The van der Waals surface area contributed by atoms with Gasteiger partial charge in [-0.05, 0) is 26.5 Å². The number of nitrogens with zero attached hydrogens (tertiary/aromatic N) is 4. The number of ketones is 1. The topological polar surface area (TPSA) is 76.3 Å². The van der Waals surface area contributed by atoms with E-state index in [0.717, 1.165) is 18.4 Å². The molecule has 0 aliphatic heterocycles. The minimum atomic E-state index is 0.285. The number of nitrogens with two attached hydrogens (primary N) is 1. The van der Waals surface area contributed by atoms with Gasteiger partial charge in [0.05, 0.1) is 17.8 Å². The summed E-state index contributed by atoms with van der Waals surface area (Å²) in [6, 6.07) is 0.285. The van der Waals surface area contributed by atoms with Crippen LogP contribution in [0.3, 0.4) is 0 Å². The van der Waals surface area contributed by atoms with Gasteiger partial charge in [0.15, 0.2) is 12.2 Å². The quantitative estimate of drug-likeness (QED) is 0.388. The third kappa shape index (κ3) is 3.22. The summed E-state index contributed by atoms with van der Waals surface area (Å²) in [7, 11) is 0. The standard InChI is InChI=1S/C14H20N5O/c1-3-18(15)10-14(16-2)11-8-17-19(9-11)12-4-6-13(20)7-5-12/h8-9,12H,2-7,15H2,1H3/q+1. The second-order valence-electron chi connectivity index (χ2n) is 4.88. The molecule has 6 heteroatoms. The van der Waals surface area contributed by atoms with Crippen LogP contribution in [0.25, 0.3) is 5.70 Å². The number of carbonyl (C=O) groups is 1. The minimum absolute atomic E-state index is 0.285. The van der Waals surface area contributed by atoms with Gasteiger partial charge in [0.2, 0.25) is 5.87 Å². The fourth-order valence-electron chi connectivity index (χ4n) is 2.26. The first kappa shape index (κ1) is 14.2. The summed E-state index contributed by atoms with van der Waals surface area (Å²) < 4.78 is 3.34. The predicted molar refractivity (Wildman–Crippen MR) is 77.7 cm³/mol. The normalized spacial score (nSPS) is 15.8. The molecule has 1 aromatic rings. The molecule has 0 amide bonds. The highest BCUT2D eigenvalue weighted by atomic mass is 16.1. The Bertz CT molecular complexity index is 570. The summed E-state index contributed by atoms with van der Waals surface area (Å²) in [6.45, 7) is 6.11. The van der Waals surface area contributed by atoms with Crippen LogP contribution < -0.4 is 5.84 Å². The monoisotopic (exact) mass is 274 g/mol. The van der Waals surface area contributed by atoms with E-state index in [2.05, 4.69) is 22.7 Å². The average molecular weight is 274 g/mol. The Kier molecular flexibility index (Phi) is 4.48. The fourth-order valence-corrected chi connectivity index (χ4v) is 2.26. The average Bonchev–Trinajstić information content (AvgIpc) is 2.94. The van der Waals surface area contributed by atoms with Crippen molar-refractivity contribution in [1.29, 1.82) is 0 Å². The van der Waals surface area contributed by atoms with Crippen LogP contribution in [0.2, 0.25) is 0 Å². The number of hydrazone groups is 1. The van der Waals surface area contributed by atoms with Crippen molar-refractivity contribution in [3.63, 3.8) is 0 Å². The molecule has 1 fully saturated rings. The Labute approximate surface area is 118 Å². The third-order valence-corrected chi connectivity index (χ3v) is 3.51. The molecule has 0 aromatic carbocycles. The van der Waals surface area contributed by atoms with E-state index in [1.165, 1.54) is 4.68 Å². The Balaban J connectivity index is 2.22. The van der Waals surface area contributed by atoms with Gasteiger partial charge < -0.3 is 0 Å². The van der Waals surface area contributed by atoms with E-state index >= 15 is 0 Å². The SMILES string of the molecule is C=NC(=C=[N+](N)CC)c1cnn(C2CCC(=O)CC2)c1. The van der Waals surface area contributed by atoms with Crippen LogP contribution in [0.4, 0.5) is 0 Å². The number of carbonyl (C=O) groups excluding carboxylic acids is 1. The number of rotatable bonds is 4. The number of aromatic nitrogens is 2. The highest BCUT2D eigenvalue weighted by molar-refractivity contribution is 5.88. The van der Waals surface area contributed by atoms with Gasteiger partial charge in [-0.15, -0.1) is 0 Å². The molecule has 1 aliphatic rings. The number of aliphatic imine (C=N–C) groups is 1. The van der Waals surface area contributed by atoms with Crippen molar-refractivity contribution >= 4 is 24.1 Å². The zero-order chi connectivity index (χ0) is 14.5. The van der Waals surface area contributed by atoms with Gasteiger partial charge in [0.25, 0.3) is 0 Å². The minimum Gasteiger partial charge on any atom is -0.300 e. The smallest absolute Gasteiger partial charge is 0.227 e. The second-order valence-corrected chi connectivity index (χ2v) is 4.88. The maximum Gasteiger partial charge on any atom is 0.227 e. The maximum atomic E-state index is 11.3. The first-order valence-corrected chi connectivity index (χ1v) is 6.82. The van der Waals surface area contributed by atoms with Crippen molar-refractivity contribution in [3.05, 3.63) is 18.0 Å². The van der Waals surface area contributed by atoms with E-state index in [-0.39, 0.29) is 6.04 Å². The van der Waals surface area contributed by atoms with Gasteiger partial charge in [0.1, 0.15) is 5.78 Å². The Morgan fingerprint density at radius 1 is 1.65 bits per heavy atom. The van der Waals surface area contributed by atoms with Gasteiger partial charge in [-0.3, -0.25) is 9.48 Å². The molecule has 0 bridgehead atoms. The van der Waals surface area contributed by atoms with E-state index in [9.17, 15) is 4.79 Å². The van der Waals surface area contributed by atoms with Crippen molar-refractivity contribution in [2.45, 2.75) is 38.6 Å². The maximum absolute atomic E-state index is 11.3. The highest BCUT2D eigenvalue weighted by Crippen LogP contribution is 2.26. The molecule has 1 aromatic heterocycles. The lowest BCUT2D eigenvalue weighted by molar-refractivity contribution is -0.529. The molecular formula is C14H20N5O+. The lowest BCUT2D eigenvalue weighted by Crippen LogP contribution is -2.18. The molecule has 0 spiro atoms. The zero-order valence-corrected chi connectivity index (χ0v) is 11.7. The summed E-state index contributed by atoms with van der Waals surface area (Å²) in [5.74, 6) is 8.99. The molecule has 0 atom stereocenters. The number of hydrazine groups is 1. The number of hydrogen-bond acceptors (Lipinski definition) is 4. The molecule has 2 rings (SSSR count). The van der Waals surface area contributed by atoms with Gasteiger partial charge in [-0.2, -0.15) is 5.10 Å². The summed E-state index contributed by atoms with van der Waals surface area (Å²) in [5, 5.41) is 4.36. The first-order valence-electron chi connectivity index (χ1n) is 6.82. The van der Waals surface area contributed by atoms with Crippen molar-refractivity contribution in [3.8, 4) is 0 Å². The zero-order valence-electron chi connectivity index (χ0n) is 11.7. The Hall–Kier alpha value is -2.20. The van der Waals surface area contributed by atoms with E-state index in [1.807, 2.05) is 17.8 Å². The summed E-state index contributed by atoms with van der Waals surface area (Å²) in [6.07, 6.45) is 6.63. The number of Topliss-reactive ketones (excluding diaryl/α,β-unsaturated/α-hetero) is 1. The Morgan fingerprint density at radius 3 is 2.95 bits per heavy atom. The highest BCUT2D eigenvalue weighted by Gasteiger charge is 2.21. The molecule has 106 valence electrons. The Morgan fingerprint density at radius 2 is 2.35 bits per heavy atom. The van der Waals surface area contributed by atoms with Crippen molar-refractivity contribution in [2.75, 3.05) is 6.54 Å². The van der Waals surface area contributed by atoms with E-state index in [4.69, 9.17) is 5.84 Å². The summed E-state index contributed by atoms with van der Waals surface area (Å²) in [5.41, 5.74) is 1.41. The molecule has 0 unspecified atom stereocenters. The molecular weight excluding hydrogens is 254 g/mol. The summed E-state index contributed by atoms with van der Waals surface area (Å²) >= 11 is 0. The van der Waals surface area contributed by atoms with Crippen LogP contribution >= 0.6 is 0 Å². The van der Waals surface area contributed by atoms with E-state index in [0.29, 0.717) is 30.9 Å². The van der Waals surface area contributed by atoms with Gasteiger partial charge in [0, 0.05) is 19.0 Å². The van der Waals surface area contributed by atoms with Crippen LogP contribution in [-0.4, -0.2) is 39.4 Å². The molecule has 1 heterocycles. The molecule has 2 N–H and O–H groups in total.